The maximum Gasteiger partial charge on any atom is 0.336 e. The van der Waals surface area contributed by atoms with E-state index in [0.29, 0.717) is 11.3 Å². The number of hydrogen-bond acceptors (Lipinski definition) is 6. The van der Waals surface area contributed by atoms with Crippen LogP contribution in [0.1, 0.15) is 25.8 Å². The molecule has 0 bridgehead atoms. The second-order valence-corrected chi connectivity index (χ2v) is 6.15. The minimum Gasteiger partial charge on any atom is -0.481 e. The lowest BCUT2D eigenvalue weighted by Crippen LogP contribution is -2.43. The van der Waals surface area contributed by atoms with Crippen molar-refractivity contribution < 1.29 is 28.6 Å². The number of fused-ring (bicyclic) bond motifs is 1. The summed E-state index contributed by atoms with van der Waals surface area (Å²) in [5, 5.41) is 13.8. The zero-order valence-corrected chi connectivity index (χ0v) is 15.6. The van der Waals surface area contributed by atoms with Crippen molar-refractivity contribution in [3.8, 4) is 5.75 Å². The van der Waals surface area contributed by atoms with Crippen molar-refractivity contribution in [3.05, 3.63) is 40.2 Å². The van der Waals surface area contributed by atoms with E-state index in [4.69, 9.17) is 14.3 Å². The van der Waals surface area contributed by atoms with Crippen molar-refractivity contribution >= 4 is 28.8 Å². The van der Waals surface area contributed by atoms with E-state index in [9.17, 15) is 19.2 Å². The average Bonchev–Trinajstić information content (AvgIpc) is 2.64. The molecule has 0 aliphatic heterocycles. The van der Waals surface area contributed by atoms with Crippen molar-refractivity contribution in [2.45, 2.75) is 32.8 Å². The fourth-order valence-corrected chi connectivity index (χ4v) is 2.57. The summed E-state index contributed by atoms with van der Waals surface area (Å²) in [5.74, 6) is -2.02. The monoisotopic (exact) mass is 390 g/mol. The van der Waals surface area contributed by atoms with Crippen molar-refractivity contribution in [2.24, 2.45) is 0 Å². The number of carboxylic acids is 1. The Morgan fingerprint density at radius 1 is 1.18 bits per heavy atom. The highest BCUT2D eigenvalue weighted by atomic mass is 16.5. The summed E-state index contributed by atoms with van der Waals surface area (Å²) in [6, 6.07) is 6.45. The molecule has 2 amide bonds. The summed E-state index contributed by atoms with van der Waals surface area (Å²) in [7, 11) is 0. The quantitative estimate of drug-likeness (QED) is 0.540. The Bertz CT molecular complexity index is 936. The van der Waals surface area contributed by atoms with Gasteiger partial charge in [0.1, 0.15) is 17.9 Å². The molecule has 2 aromatic rings. The predicted octanol–water partition coefficient (Wildman–Crippen LogP) is 0.830. The lowest BCUT2D eigenvalue weighted by Gasteiger charge is -2.15. The molecule has 0 saturated carbocycles. The minimum absolute atomic E-state index is 0.335. The van der Waals surface area contributed by atoms with Crippen LogP contribution in [0.3, 0.4) is 0 Å². The second-order valence-electron chi connectivity index (χ2n) is 6.15. The number of rotatable bonds is 9. The molecule has 0 unspecified atom stereocenters. The fraction of sp³-hybridized carbons (Fsp3) is 0.368. The van der Waals surface area contributed by atoms with Gasteiger partial charge in [0.25, 0.3) is 5.91 Å². The van der Waals surface area contributed by atoms with Gasteiger partial charge in [-0.3, -0.25) is 14.4 Å². The molecule has 0 spiro atoms. The van der Waals surface area contributed by atoms with Crippen LogP contribution in [0, 0.1) is 0 Å². The van der Waals surface area contributed by atoms with Gasteiger partial charge in [-0.25, -0.2) is 4.79 Å². The number of aryl methyl sites for hydroxylation is 1. The van der Waals surface area contributed by atoms with Crippen LogP contribution in [-0.2, 0) is 20.8 Å². The maximum absolute atomic E-state index is 12.0. The van der Waals surface area contributed by atoms with E-state index < -0.39 is 36.1 Å². The van der Waals surface area contributed by atoms with Gasteiger partial charge in [-0.15, -0.1) is 0 Å². The molecular formula is C19H22N2O7. The third kappa shape index (κ3) is 5.83. The van der Waals surface area contributed by atoms with Crippen LogP contribution in [-0.4, -0.2) is 42.1 Å². The van der Waals surface area contributed by atoms with E-state index in [1.807, 2.05) is 6.92 Å². The van der Waals surface area contributed by atoms with Gasteiger partial charge in [-0.05, 0) is 31.0 Å². The van der Waals surface area contributed by atoms with Gasteiger partial charge in [0, 0.05) is 17.5 Å². The third-order valence-corrected chi connectivity index (χ3v) is 3.86. The number of hydrogen-bond donors (Lipinski definition) is 3. The van der Waals surface area contributed by atoms with Gasteiger partial charge in [-0.2, -0.15) is 0 Å². The van der Waals surface area contributed by atoms with Crippen LogP contribution in [0.15, 0.2) is 33.5 Å². The van der Waals surface area contributed by atoms with Crippen molar-refractivity contribution in [1.29, 1.82) is 0 Å². The van der Waals surface area contributed by atoms with Gasteiger partial charge in [0.05, 0.1) is 6.54 Å². The zero-order valence-electron chi connectivity index (χ0n) is 15.6. The zero-order chi connectivity index (χ0) is 20.7. The molecule has 0 aliphatic rings. The highest BCUT2D eigenvalue weighted by Gasteiger charge is 2.16. The van der Waals surface area contributed by atoms with Gasteiger partial charge in [0.15, 0.2) is 6.10 Å². The summed E-state index contributed by atoms with van der Waals surface area (Å²) in [6.07, 6.45) is 0.703. The average molecular weight is 390 g/mol. The van der Waals surface area contributed by atoms with E-state index in [1.165, 1.54) is 13.0 Å². The molecular weight excluding hydrogens is 368 g/mol. The van der Waals surface area contributed by atoms with Gasteiger partial charge in [-0.1, -0.05) is 13.3 Å². The number of carboxylic acid groups (broad SMARTS) is 1. The Kier molecular flexibility index (Phi) is 7.14. The molecule has 9 nitrogen and oxygen atoms in total. The summed E-state index contributed by atoms with van der Waals surface area (Å²) in [4.78, 5) is 45.6. The molecule has 0 fully saturated rings. The molecule has 1 atom stereocenters. The first-order chi connectivity index (χ1) is 13.3. The lowest BCUT2D eigenvalue weighted by molar-refractivity contribution is -0.137. The first-order valence-electron chi connectivity index (χ1n) is 8.79. The molecule has 0 aliphatic carbocycles. The molecule has 3 N–H and O–H groups in total. The smallest absolute Gasteiger partial charge is 0.336 e. The molecule has 2 rings (SSSR count). The molecule has 0 saturated heterocycles. The number of carbonyl (C=O) groups is 3. The molecule has 1 heterocycles. The number of carbonyl (C=O) groups excluding carboxylic acids is 2. The standard InChI is InChI=1S/C19H22N2O7/c1-3-4-12-7-18(25)28-15-8-13(5-6-14(12)15)27-11(2)19(26)21-9-16(22)20-10-17(23)24/h5-8,11H,3-4,9-10H2,1-2H3,(H,20,22)(H,21,26)(H,23,24)/t11-/m0/s1. The van der Waals surface area contributed by atoms with E-state index >= 15 is 0 Å². The Balaban J connectivity index is 2.01. The maximum atomic E-state index is 12.0. The number of amides is 2. The second kappa shape index (κ2) is 9.54. The van der Waals surface area contributed by atoms with Gasteiger partial charge >= 0.3 is 11.6 Å². The Morgan fingerprint density at radius 3 is 2.61 bits per heavy atom. The summed E-state index contributed by atoms with van der Waals surface area (Å²) in [6.45, 7) is 2.62. The molecule has 1 aromatic carbocycles. The van der Waals surface area contributed by atoms with Crippen LogP contribution < -0.4 is 21.0 Å². The molecule has 0 radical (unpaired) electrons. The highest BCUT2D eigenvalue weighted by Crippen LogP contribution is 2.24. The molecule has 28 heavy (non-hydrogen) atoms. The van der Waals surface area contributed by atoms with Crippen LogP contribution in [0.5, 0.6) is 5.75 Å². The lowest BCUT2D eigenvalue weighted by atomic mass is 10.1. The van der Waals surface area contributed by atoms with Crippen molar-refractivity contribution in [2.75, 3.05) is 13.1 Å². The molecule has 9 heteroatoms. The van der Waals surface area contributed by atoms with Crippen LogP contribution in [0.2, 0.25) is 0 Å². The first kappa shape index (κ1) is 20.9. The Hall–Kier alpha value is -3.36. The van der Waals surface area contributed by atoms with Crippen LogP contribution >= 0.6 is 0 Å². The Morgan fingerprint density at radius 2 is 1.93 bits per heavy atom. The largest absolute Gasteiger partial charge is 0.481 e. The van der Waals surface area contributed by atoms with Crippen LogP contribution in [0.4, 0.5) is 0 Å². The number of ether oxygens (including phenoxy) is 1. The summed E-state index contributed by atoms with van der Waals surface area (Å²) in [5.41, 5.74) is 0.804. The summed E-state index contributed by atoms with van der Waals surface area (Å²) < 4.78 is 10.8. The van der Waals surface area contributed by atoms with Crippen LogP contribution in [0.25, 0.3) is 11.0 Å². The van der Waals surface area contributed by atoms with Gasteiger partial charge < -0.3 is 24.9 Å². The fourth-order valence-electron chi connectivity index (χ4n) is 2.57. The van der Waals surface area contributed by atoms with E-state index in [2.05, 4.69) is 10.6 Å². The van der Waals surface area contributed by atoms with Gasteiger partial charge in [0.2, 0.25) is 5.91 Å². The molecule has 1 aromatic heterocycles. The third-order valence-electron chi connectivity index (χ3n) is 3.86. The SMILES string of the molecule is CCCc1cc(=O)oc2cc(O[C@@H](C)C(=O)NCC(=O)NCC(=O)O)ccc12. The molecule has 150 valence electrons. The Labute approximate surface area is 160 Å². The highest BCUT2D eigenvalue weighted by molar-refractivity contribution is 5.88. The minimum atomic E-state index is -1.18. The predicted molar refractivity (Wildman–Crippen MR) is 100 cm³/mol. The number of nitrogens with one attached hydrogen (secondary N) is 2. The van der Waals surface area contributed by atoms with E-state index in [1.54, 1.807) is 18.2 Å². The number of aliphatic carboxylic acids is 1. The topological polar surface area (TPSA) is 135 Å². The van der Waals surface area contributed by atoms with Crippen molar-refractivity contribution in [1.82, 2.24) is 10.6 Å². The first-order valence-corrected chi connectivity index (χ1v) is 8.79. The number of benzene rings is 1. The summed E-state index contributed by atoms with van der Waals surface area (Å²) >= 11 is 0. The van der Waals surface area contributed by atoms with E-state index in [0.717, 1.165) is 23.8 Å². The van der Waals surface area contributed by atoms with E-state index in [-0.39, 0.29) is 6.54 Å². The van der Waals surface area contributed by atoms with Crippen molar-refractivity contribution in [3.63, 3.8) is 0 Å². The normalized spacial score (nSPS) is 11.6.